The summed E-state index contributed by atoms with van der Waals surface area (Å²) < 4.78 is 8.21. The van der Waals surface area contributed by atoms with Gasteiger partial charge in [-0.25, -0.2) is 4.98 Å². The smallest absolute Gasteiger partial charge is 0.306 e. The Labute approximate surface area is 215 Å². The van der Waals surface area contributed by atoms with Gasteiger partial charge in [0.05, 0.1) is 17.1 Å². The van der Waals surface area contributed by atoms with Gasteiger partial charge in [-0.3, -0.25) is 9.59 Å². The van der Waals surface area contributed by atoms with Gasteiger partial charge >= 0.3 is 5.97 Å². The molecule has 6 atom stereocenters. The molecule has 2 heterocycles. The van der Waals surface area contributed by atoms with E-state index in [-0.39, 0.29) is 30.2 Å². The lowest BCUT2D eigenvalue weighted by Gasteiger charge is -2.39. The quantitative estimate of drug-likeness (QED) is 0.484. The molecule has 2 aliphatic rings. The number of nitrogens with zero attached hydrogens (tertiary/aromatic N) is 2. The van der Waals surface area contributed by atoms with E-state index in [9.17, 15) is 14.7 Å². The van der Waals surface area contributed by atoms with Crippen molar-refractivity contribution < 1.29 is 19.4 Å². The van der Waals surface area contributed by atoms with E-state index in [1.165, 1.54) is 12.8 Å². The van der Waals surface area contributed by atoms with Crippen LogP contribution in [0.25, 0.3) is 11.0 Å². The molecule has 1 N–H and O–H groups in total. The molecule has 1 aliphatic heterocycles. The predicted octanol–water partition coefficient (Wildman–Crippen LogP) is 6.07. The van der Waals surface area contributed by atoms with E-state index in [4.69, 9.17) is 9.72 Å². The SMILES string of the molecule is Cc1nc2cc([C@@H]3C[C@@H]4CC[C@H]4CCC[C@H](C)[C@H](O)[C@@H](C)C(=O)C(C)(C)CCC(=O)O3)ccc2n1C. The molecular formula is C30H44N2O4. The largest absolute Gasteiger partial charge is 0.457 e. The summed E-state index contributed by atoms with van der Waals surface area (Å²) in [4.78, 5) is 31.0. The Kier molecular flexibility index (Phi) is 7.94. The molecule has 6 nitrogen and oxygen atoms in total. The number of aromatic nitrogens is 2. The number of esters is 1. The van der Waals surface area contributed by atoms with Crippen molar-refractivity contribution in [3.8, 4) is 0 Å². The van der Waals surface area contributed by atoms with Crippen molar-refractivity contribution in [2.75, 3.05) is 0 Å². The van der Waals surface area contributed by atoms with E-state index in [0.29, 0.717) is 18.3 Å². The summed E-state index contributed by atoms with van der Waals surface area (Å²) in [5.41, 5.74) is 2.30. The molecular weight excluding hydrogens is 452 g/mol. The molecule has 2 fully saturated rings. The maximum Gasteiger partial charge on any atom is 0.306 e. The van der Waals surface area contributed by atoms with Crippen LogP contribution >= 0.6 is 0 Å². The van der Waals surface area contributed by atoms with Gasteiger partial charge in [0.2, 0.25) is 0 Å². The lowest BCUT2D eigenvalue weighted by atomic mass is 9.68. The van der Waals surface area contributed by atoms with Gasteiger partial charge in [0.25, 0.3) is 0 Å². The lowest BCUT2D eigenvalue weighted by Crippen LogP contribution is -2.39. The van der Waals surface area contributed by atoms with Crippen LogP contribution in [-0.4, -0.2) is 32.5 Å². The van der Waals surface area contributed by atoms with Crippen molar-refractivity contribution in [1.29, 1.82) is 0 Å². The number of aryl methyl sites for hydroxylation is 2. The summed E-state index contributed by atoms with van der Waals surface area (Å²) in [7, 11) is 2.01. The standard InChI is InChI=1S/C30H44N2O4/c1-18-8-7-9-21-10-11-22(21)17-26(23-12-13-25-24(16-23)31-20(3)32(25)6)36-27(33)14-15-30(4,5)29(35)19(2)28(18)34/h12-13,16,18-19,21-22,26,28,34H,7-11,14-15,17H2,1-6H3/t18-,19+,21+,22-,26-,28-/m0/s1. The van der Waals surface area contributed by atoms with Gasteiger partial charge in [0.15, 0.2) is 0 Å². The molecule has 0 spiro atoms. The molecule has 1 aliphatic carbocycles. The van der Waals surface area contributed by atoms with Gasteiger partial charge in [-0.1, -0.05) is 46.6 Å². The molecule has 2 aromatic rings. The average Bonchev–Trinajstić information content (AvgIpc) is 3.12. The monoisotopic (exact) mass is 496 g/mol. The Morgan fingerprint density at radius 2 is 1.81 bits per heavy atom. The van der Waals surface area contributed by atoms with Crippen LogP contribution in [0.3, 0.4) is 0 Å². The van der Waals surface area contributed by atoms with Crippen molar-refractivity contribution in [2.24, 2.45) is 36.1 Å². The maximum atomic E-state index is 13.2. The predicted molar refractivity (Wildman–Crippen MR) is 141 cm³/mol. The number of imidazole rings is 1. The second kappa shape index (κ2) is 10.6. The van der Waals surface area contributed by atoms with E-state index in [2.05, 4.69) is 29.7 Å². The van der Waals surface area contributed by atoms with Crippen LogP contribution in [0.5, 0.6) is 0 Å². The van der Waals surface area contributed by atoms with Crippen molar-refractivity contribution in [3.63, 3.8) is 0 Å². The molecule has 6 heteroatoms. The Balaban J connectivity index is 1.59. The van der Waals surface area contributed by atoms with Crippen LogP contribution in [0.4, 0.5) is 0 Å². The van der Waals surface area contributed by atoms with Crippen LogP contribution in [0.2, 0.25) is 0 Å². The van der Waals surface area contributed by atoms with E-state index < -0.39 is 17.4 Å². The maximum absolute atomic E-state index is 13.2. The molecule has 1 aromatic heterocycles. The number of benzene rings is 1. The third kappa shape index (κ3) is 5.53. The molecule has 1 saturated carbocycles. The first-order valence-corrected chi connectivity index (χ1v) is 13.8. The molecule has 0 bridgehead atoms. The third-order valence-corrected chi connectivity index (χ3v) is 9.23. The Bertz CT molecular complexity index is 1100. The zero-order valence-corrected chi connectivity index (χ0v) is 22.9. The van der Waals surface area contributed by atoms with Crippen LogP contribution < -0.4 is 0 Å². The average molecular weight is 497 g/mol. The number of ketones is 1. The minimum Gasteiger partial charge on any atom is -0.457 e. The number of aliphatic hydroxyl groups is 1. The number of Topliss-reactive ketones (excluding diaryl/α,β-unsaturated/α-hetero) is 1. The number of cyclic esters (lactones) is 1. The highest BCUT2D eigenvalue weighted by molar-refractivity contribution is 5.87. The second-order valence-electron chi connectivity index (χ2n) is 12.2. The van der Waals surface area contributed by atoms with Gasteiger partial charge in [-0.2, -0.15) is 0 Å². The Morgan fingerprint density at radius 1 is 1.08 bits per heavy atom. The van der Waals surface area contributed by atoms with Crippen molar-refractivity contribution >= 4 is 22.8 Å². The highest BCUT2D eigenvalue weighted by atomic mass is 16.5. The summed E-state index contributed by atoms with van der Waals surface area (Å²) in [6, 6.07) is 6.22. The van der Waals surface area contributed by atoms with Gasteiger partial charge in [0.1, 0.15) is 17.7 Å². The number of hydrogen-bond acceptors (Lipinski definition) is 5. The number of fused-ring (bicyclic) bond motifs is 2. The van der Waals surface area contributed by atoms with Gasteiger partial charge < -0.3 is 14.4 Å². The normalized spacial score (nSPS) is 32.5. The van der Waals surface area contributed by atoms with Gasteiger partial charge in [-0.15, -0.1) is 0 Å². The minimum absolute atomic E-state index is 0.0216. The second-order valence-corrected chi connectivity index (χ2v) is 12.2. The van der Waals surface area contributed by atoms with Crippen LogP contribution in [0.15, 0.2) is 18.2 Å². The highest BCUT2D eigenvalue weighted by Gasteiger charge is 2.38. The molecule has 0 radical (unpaired) electrons. The number of aliphatic hydroxyl groups excluding tert-OH is 1. The van der Waals surface area contributed by atoms with Crippen molar-refractivity contribution in [3.05, 3.63) is 29.6 Å². The molecule has 0 amide bonds. The zero-order chi connectivity index (χ0) is 26.2. The van der Waals surface area contributed by atoms with Crippen molar-refractivity contribution in [2.45, 2.75) is 98.2 Å². The van der Waals surface area contributed by atoms with Crippen molar-refractivity contribution in [1.82, 2.24) is 9.55 Å². The minimum atomic E-state index is -0.699. The Hall–Kier alpha value is -2.21. The van der Waals surface area contributed by atoms with E-state index in [1.54, 1.807) is 0 Å². The third-order valence-electron chi connectivity index (χ3n) is 9.23. The molecule has 36 heavy (non-hydrogen) atoms. The summed E-state index contributed by atoms with van der Waals surface area (Å²) in [6.07, 6.45) is 5.94. The zero-order valence-electron chi connectivity index (χ0n) is 22.9. The molecule has 4 rings (SSSR count). The summed E-state index contributed by atoms with van der Waals surface area (Å²) in [5.74, 6) is 1.51. The Morgan fingerprint density at radius 3 is 2.50 bits per heavy atom. The molecule has 198 valence electrons. The molecule has 1 saturated heterocycles. The number of carbonyl (C=O) groups is 2. The van der Waals surface area contributed by atoms with Crippen LogP contribution in [0.1, 0.15) is 96.6 Å². The van der Waals surface area contributed by atoms with Gasteiger partial charge in [0, 0.05) is 24.8 Å². The fraction of sp³-hybridized carbons (Fsp3) is 0.700. The molecule has 1 aromatic carbocycles. The van der Waals surface area contributed by atoms with Crippen LogP contribution in [0, 0.1) is 36.0 Å². The number of ether oxygens (including phenoxy) is 1. The van der Waals surface area contributed by atoms with E-state index in [1.807, 2.05) is 34.7 Å². The first-order chi connectivity index (χ1) is 17.0. The highest BCUT2D eigenvalue weighted by Crippen LogP contribution is 2.45. The fourth-order valence-electron chi connectivity index (χ4n) is 6.29. The molecule has 0 unspecified atom stereocenters. The number of hydrogen-bond donors (Lipinski definition) is 1. The fourth-order valence-corrected chi connectivity index (χ4v) is 6.29. The lowest BCUT2D eigenvalue weighted by molar-refractivity contribution is -0.152. The van der Waals surface area contributed by atoms with E-state index >= 15 is 0 Å². The van der Waals surface area contributed by atoms with Crippen LogP contribution in [-0.2, 0) is 21.4 Å². The van der Waals surface area contributed by atoms with Gasteiger partial charge in [-0.05, 0) is 74.5 Å². The summed E-state index contributed by atoms with van der Waals surface area (Å²) in [6.45, 7) is 9.65. The summed E-state index contributed by atoms with van der Waals surface area (Å²) >= 11 is 0. The first kappa shape index (κ1) is 26.8. The topological polar surface area (TPSA) is 81.4 Å². The first-order valence-electron chi connectivity index (χ1n) is 13.8. The number of rotatable bonds is 1. The number of carbonyl (C=O) groups excluding carboxylic acids is 2. The summed E-state index contributed by atoms with van der Waals surface area (Å²) in [5, 5.41) is 10.9. The van der Waals surface area contributed by atoms with E-state index in [0.717, 1.165) is 48.1 Å².